The number of ether oxygens (including phenoxy) is 4. The van der Waals surface area contributed by atoms with E-state index in [-0.39, 0.29) is 41.6 Å². The summed E-state index contributed by atoms with van der Waals surface area (Å²) in [6.07, 6.45) is 1.66. The Morgan fingerprint density at radius 1 is 1.03 bits per heavy atom. The van der Waals surface area contributed by atoms with Crippen LogP contribution in [0.4, 0.5) is 0 Å². The van der Waals surface area contributed by atoms with Crippen molar-refractivity contribution in [1.82, 2.24) is 0 Å². The summed E-state index contributed by atoms with van der Waals surface area (Å²) in [7, 11) is 0. The summed E-state index contributed by atoms with van der Waals surface area (Å²) in [6.45, 7) is 10.0. The molecule has 2 aliphatic heterocycles. The second-order valence-electron chi connectivity index (χ2n) is 10.9. The van der Waals surface area contributed by atoms with E-state index in [1.54, 1.807) is 0 Å². The highest BCUT2D eigenvalue weighted by Gasteiger charge is 2.73. The summed E-state index contributed by atoms with van der Waals surface area (Å²) in [6, 6.07) is 9.75. The van der Waals surface area contributed by atoms with E-state index in [0.717, 1.165) is 24.8 Å². The average Bonchev–Trinajstić information content (AvgIpc) is 3.49. The fraction of sp³-hybridized carbons (Fsp3) is 0.692. The van der Waals surface area contributed by atoms with Gasteiger partial charge < -0.3 is 18.9 Å². The highest BCUT2D eigenvalue weighted by atomic mass is 16.6. The first-order valence-electron chi connectivity index (χ1n) is 11.9. The monoisotopic (exact) mass is 442 g/mol. The minimum absolute atomic E-state index is 0.256. The van der Waals surface area contributed by atoms with Gasteiger partial charge in [0.2, 0.25) is 0 Å². The number of hydrogen-bond donors (Lipinski definition) is 0. The van der Waals surface area contributed by atoms with Gasteiger partial charge in [-0.1, -0.05) is 37.3 Å². The normalized spacial score (nSPS) is 43.8. The van der Waals surface area contributed by atoms with Crippen LogP contribution in [0.15, 0.2) is 30.3 Å². The third kappa shape index (κ3) is 3.13. The van der Waals surface area contributed by atoms with E-state index in [9.17, 15) is 9.59 Å². The molecule has 2 saturated heterocycles. The molecule has 5 rings (SSSR count). The number of hydrogen-bond acceptors (Lipinski definition) is 6. The molecule has 2 bridgehead atoms. The van der Waals surface area contributed by atoms with E-state index in [0.29, 0.717) is 6.42 Å². The summed E-state index contributed by atoms with van der Waals surface area (Å²) in [4.78, 5) is 25.2. The van der Waals surface area contributed by atoms with Crippen LogP contribution in [-0.4, -0.2) is 41.5 Å². The summed E-state index contributed by atoms with van der Waals surface area (Å²) < 4.78 is 24.7. The topological polar surface area (TPSA) is 74.4 Å². The number of epoxide rings is 1. The maximum absolute atomic E-state index is 13.2. The van der Waals surface area contributed by atoms with Crippen molar-refractivity contribution in [2.45, 2.75) is 95.9 Å². The van der Waals surface area contributed by atoms with Gasteiger partial charge in [-0.15, -0.1) is 0 Å². The first kappa shape index (κ1) is 21.9. The molecule has 4 fully saturated rings. The second kappa shape index (κ2) is 7.29. The molecule has 0 N–H and O–H groups in total. The number of benzene rings is 1. The first-order valence-corrected chi connectivity index (χ1v) is 11.9. The van der Waals surface area contributed by atoms with Crippen LogP contribution < -0.4 is 0 Å². The van der Waals surface area contributed by atoms with Crippen molar-refractivity contribution in [2.24, 2.45) is 17.3 Å². The summed E-state index contributed by atoms with van der Waals surface area (Å²) in [5.74, 6) is -0.0875. The van der Waals surface area contributed by atoms with E-state index in [1.165, 1.54) is 6.92 Å². The minimum atomic E-state index is -0.618. The van der Waals surface area contributed by atoms with Crippen LogP contribution in [0.5, 0.6) is 0 Å². The van der Waals surface area contributed by atoms with E-state index >= 15 is 0 Å². The Morgan fingerprint density at radius 3 is 2.44 bits per heavy atom. The minimum Gasteiger partial charge on any atom is -0.462 e. The highest BCUT2D eigenvalue weighted by molar-refractivity contribution is 5.78. The molecule has 1 aromatic carbocycles. The molecule has 32 heavy (non-hydrogen) atoms. The van der Waals surface area contributed by atoms with Crippen LogP contribution in [0.2, 0.25) is 0 Å². The number of rotatable bonds is 4. The van der Waals surface area contributed by atoms with Gasteiger partial charge >= 0.3 is 11.9 Å². The quantitative estimate of drug-likeness (QED) is 0.509. The molecule has 6 nitrogen and oxygen atoms in total. The molecule has 2 aliphatic carbocycles. The molecule has 1 spiro atoms. The molecular formula is C26H34O6. The van der Waals surface area contributed by atoms with Crippen LogP contribution in [0.1, 0.15) is 72.0 Å². The molecule has 4 aliphatic rings. The Morgan fingerprint density at radius 2 is 1.75 bits per heavy atom. The Balaban J connectivity index is 1.44. The van der Waals surface area contributed by atoms with Gasteiger partial charge in [0, 0.05) is 6.92 Å². The molecular weight excluding hydrogens is 408 g/mol. The molecule has 0 aromatic heterocycles. The zero-order valence-electron chi connectivity index (χ0n) is 19.6. The number of esters is 2. The van der Waals surface area contributed by atoms with Gasteiger partial charge in [0.1, 0.15) is 18.3 Å². The fourth-order valence-electron chi connectivity index (χ4n) is 6.87. The lowest BCUT2D eigenvalue weighted by molar-refractivity contribution is -0.263. The van der Waals surface area contributed by atoms with Gasteiger partial charge in [0.15, 0.2) is 6.10 Å². The van der Waals surface area contributed by atoms with Gasteiger partial charge in [-0.05, 0) is 63.9 Å². The van der Waals surface area contributed by atoms with Gasteiger partial charge in [-0.25, -0.2) is 4.79 Å². The molecule has 2 heterocycles. The Hall–Kier alpha value is -1.92. The molecule has 6 heteroatoms. The fourth-order valence-corrected chi connectivity index (χ4v) is 6.87. The van der Waals surface area contributed by atoms with E-state index < -0.39 is 23.2 Å². The van der Waals surface area contributed by atoms with E-state index in [1.807, 2.05) is 30.3 Å². The van der Waals surface area contributed by atoms with E-state index in [4.69, 9.17) is 18.9 Å². The predicted octanol–water partition coefficient (Wildman–Crippen LogP) is 4.36. The van der Waals surface area contributed by atoms with Crippen molar-refractivity contribution in [3.05, 3.63) is 35.9 Å². The average molecular weight is 443 g/mol. The lowest BCUT2D eigenvalue weighted by Crippen LogP contribution is -2.68. The van der Waals surface area contributed by atoms with Crippen molar-refractivity contribution in [3.63, 3.8) is 0 Å². The Labute approximate surface area is 189 Å². The molecule has 0 amide bonds. The summed E-state index contributed by atoms with van der Waals surface area (Å²) in [5.41, 5.74) is -0.453. The molecule has 8 atom stereocenters. The third-order valence-corrected chi connectivity index (χ3v) is 8.80. The van der Waals surface area contributed by atoms with Crippen molar-refractivity contribution in [1.29, 1.82) is 0 Å². The highest BCUT2D eigenvalue weighted by Crippen LogP contribution is 2.66. The van der Waals surface area contributed by atoms with Gasteiger partial charge in [0.25, 0.3) is 0 Å². The van der Waals surface area contributed by atoms with Crippen LogP contribution in [0.25, 0.3) is 0 Å². The number of fused-ring (bicyclic) bond motifs is 1. The van der Waals surface area contributed by atoms with Crippen LogP contribution in [-0.2, 0) is 28.5 Å². The molecule has 2 saturated carbocycles. The van der Waals surface area contributed by atoms with Crippen molar-refractivity contribution in [3.8, 4) is 0 Å². The molecule has 174 valence electrons. The second-order valence-corrected chi connectivity index (χ2v) is 10.9. The Bertz CT molecular complexity index is 912. The zero-order valence-corrected chi connectivity index (χ0v) is 19.6. The molecule has 8 unspecified atom stereocenters. The van der Waals surface area contributed by atoms with Crippen molar-refractivity contribution < 1.29 is 28.5 Å². The third-order valence-electron chi connectivity index (χ3n) is 8.80. The van der Waals surface area contributed by atoms with Gasteiger partial charge in [0.05, 0.1) is 16.6 Å². The molecule has 1 aromatic rings. The van der Waals surface area contributed by atoms with Crippen LogP contribution in [0, 0.1) is 17.3 Å². The van der Waals surface area contributed by atoms with Gasteiger partial charge in [-0.2, -0.15) is 0 Å². The summed E-state index contributed by atoms with van der Waals surface area (Å²) >= 11 is 0. The maximum atomic E-state index is 13.2. The molecule has 0 radical (unpaired) electrons. The van der Waals surface area contributed by atoms with Crippen molar-refractivity contribution >= 4 is 11.9 Å². The van der Waals surface area contributed by atoms with E-state index in [2.05, 4.69) is 27.7 Å². The van der Waals surface area contributed by atoms with Gasteiger partial charge in [-0.3, -0.25) is 4.79 Å². The largest absolute Gasteiger partial charge is 0.462 e. The summed E-state index contributed by atoms with van der Waals surface area (Å²) in [5, 5.41) is 0. The standard InChI is InChI=1S/C26H34O6/c1-15-11-12-19(29-16(2)27)25(5)20(13-18-14-26(15,25)32-24(18,3)4)30-23(28)22-21(31-22)17-9-7-6-8-10-17/h6-10,15,18-22H,11-14H2,1-5H3. The lowest BCUT2D eigenvalue weighted by atomic mass is 9.50. The maximum Gasteiger partial charge on any atom is 0.338 e. The van der Waals surface area contributed by atoms with Crippen molar-refractivity contribution in [2.75, 3.05) is 0 Å². The Kier molecular flexibility index (Phi) is 4.99. The lowest BCUT2D eigenvalue weighted by Gasteiger charge is -2.60. The van der Waals surface area contributed by atoms with Crippen LogP contribution >= 0.6 is 0 Å². The number of carbonyl (C=O) groups excluding carboxylic acids is 2. The predicted molar refractivity (Wildman–Crippen MR) is 117 cm³/mol. The smallest absolute Gasteiger partial charge is 0.338 e. The first-order chi connectivity index (χ1) is 15.1. The van der Waals surface area contributed by atoms with Crippen LogP contribution in [0.3, 0.4) is 0 Å². The SMILES string of the molecule is CC(=O)OC1CCC(C)C23CC(CC(OC(=O)C4OC4c4ccccc4)C12C)C(C)(C)O3. The zero-order chi connectivity index (χ0) is 22.9. The number of carbonyl (C=O) groups is 2.